The predicted octanol–water partition coefficient (Wildman–Crippen LogP) is 0.810. The van der Waals surface area contributed by atoms with Gasteiger partial charge < -0.3 is 10.6 Å². The average molecular weight is 338 g/mol. The lowest BCUT2D eigenvalue weighted by atomic mass is 10.1. The Labute approximate surface area is 136 Å². The van der Waals surface area contributed by atoms with Crippen molar-refractivity contribution in [2.24, 2.45) is 0 Å². The van der Waals surface area contributed by atoms with Crippen molar-refractivity contribution >= 4 is 21.7 Å². The van der Waals surface area contributed by atoms with Crippen molar-refractivity contribution in [1.82, 2.24) is 14.6 Å². The van der Waals surface area contributed by atoms with Crippen LogP contribution >= 0.6 is 0 Å². The summed E-state index contributed by atoms with van der Waals surface area (Å²) in [6.07, 6.45) is 4.67. The number of carbonyl (C=O) groups is 1. The number of aromatic nitrogens is 1. The van der Waals surface area contributed by atoms with Crippen LogP contribution in [0.5, 0.6) is 0 Å². The van der Waals surface area contributed by atoms with E-state index in [1.54, 1.807) is 29.7 Å². The molecule has 126 valence electrons. The number of rotatable bonds is 5. The predicted molar refractivity (Wildman–Crippen MR) is 87.8 cm³/mol. The number of hydrogen-bond donors (Lipinski definition) is 2. The molecule has 8 heteroatoms. The van der Waals surface area contributed by atoms with Crippen LogP contribution in [0.4, 0.5) is 5.82 Å². The van der Waals surface area contributed by atoms with Crippen molar-refractivity contribution in [1.29, 1.82) is 0 Å². The molecule has 1 aromatic rings. The zero-order valence-electron chi connectivity index (χ0n) is 13.2. The molecular formula is C15H22N4O3S. The largest absolute Gasteiger partial charge is 0.367 e. The molecule has 0 bridgehead atoms. The van der Waals surface area contributed by atoms with Crippen molar-refractivity contribution in [2.75, 3.05) is 25.5 Å². The van der Waals surface area contributed by atoms with Crippen LogP contribution in [0.1, 0.15) is 36.0 Å². The summed E-state index contributed by atoms with van der Waals surface area (Å²) in [5, 5.41) is 5.74. The second kappa shape index (κ2) is 6.45. The van der Waals surface area contributed by atoms with E-state index in [2.05, 4.69) is 15.6 Å². The molecule has 0 spiro atoms. The molecule has 7 nitrogen and oxygen atoms in total. The zero-order valence-corrected chi connectivity index (χ0v) is 14.0. The number of nitrogens with zero attached hydrogens (tertiary/aromatic N) is 2. The highest BCUT2D eigenvalue weighted by molar-refractivity contribution is 7.90. The van der Waals surface area contributed by atoms with Gasteiger partial charge in [0.25, 0.3) is 5.91 Å². The Balaban J connectivity index is 1.62. The summed E-state index contributed by atoms with van der Waals surface area (Å²) >= 11 is 0. The van der Waals surface area contributed by atoms with E-state index in [1.165, 1.54) is 0 Å². The van der Waals surface area contributed by atoms with Gasteiger partial charge in [0, 0.05) is 32.4 Å². The number of nitrogens with one attached hydrogen (secondary N) is 2. The van der Waals surface area contributed by atoms with Gasteiger partial charge in [0.05, 0.1) is 10.8 Å². The summed E-state index contributed by atoms with van der Waals surface area (Å²) in [5.41, 5.74) is 0.503. The van der Waals surface area contributed by atoms with E-state index in [1.807, 2.05) is 0 Å². The molecule has 2 fully saturated rings. The number of piperidine rings is 1. The topological polar surface area (TPSA) is 91.4 Å². The van der Waals surface area contributed by atoms with Crippen LogP contribution in [-0.4, -0.2) is 55.0 Å². The first-order valence-corrected chi connectivity index (χ1v) is 9.45. The Morgan fingerprint density at radius 2 is 1.96 bits per heavy atom. The van der Waals surface area contributed by atoms with E-state index in [-0.39, 0.29) is 17.2 Å². The van der Waals surface area contributed by atoms with Gasteiger partial charge in [0.1, 0.15) is 5.82 Å². The summed E-state index contributed by atoms with van der Waals surface area (Å²) in [7, 11) is -1.50. The molecular weight excluding hydrogens is 316 g/mol. The average Bonchev–Trinajstić information content (AvgIpc) is 3.40. The smallest absolute Gasteiger partial charge is 0.254 e. The number of carbonyl (C=O) groups excluding carboxylic acids is 1. The molecule has 1 aromatic heterocycles. The van der Waals surface area contributed by atoms with Gasteiger partial charge in [-0.2, -0.15) is 0 Å². The Morgan fingerprint density at radius 1 is 1.26 bits per heavy atom. The van der Waals surface area contributed by atoms with Crippen LogP contribution in [0.15, 0.2) is 18.3 Å². The van der Waals surface area contributed by atoms with E-state index in [4.69, 9.17) is 0 Å². The van der Waals surface area contributed by atoms with Crippen LogP contribution in [0.25, 0.3) is 0 Å². The van der Waals surface area contributed by atoms with Gasteiger partial charge in [0.2, 0.25) is 10.0 Å². The SMILES string of the molecule is CNC(=O)c1cccnc1NC1CCN(S(=O)(=O)C2CC2)CC1. The van der Waals surface area contributed by atoms with Crippen molar-refractivity contribution in [3.8, 4) is 0 Å². The third-order valence-electron chi connectivity index (χ3n) is 4.38. The second-order valence-corrected chi connectivity index (χ2v) is 8.25. The van der Waals surface area contributed by atoms with Crippen molar-refractivity contribution in [3.63, 3.8) is 0 Å². The summed E-state index contributed by atoms with van der Waals surface area (Å²) in [5.74, 6) is 0.365. The maximum Gasteiger partial charge on any atom is 0.254 e. The summed E-state index contributed by atoms with van der Waals surface area (Å²) in [6.45, 7) is 1.05. The fraction of sp³-hybridized carbons (Fsp3) is 0.600. The van der Waals surface area contributed by atoms with Gasteiger partial charge in [0.15, 0.2) is 0 Å². The minimum atomic E-state index is -3.08. The van der Waals surface area contributed by atoms with Gasteiger partial charge in [-0.15, -0.1) is 0 Å². The van der Waals surface area contributed by atoms with E-state index in [9.17, 15) is 13.2 Å². The minimum absolute atomic E-state index is 0.124. The Morgan fingerprint density at radius 3 is 2.57 bits per heavy atom. The van der Waals surface area contributed by atoms with E-state index < -0.39 is 10.0 Å². The van der Waals surface area contributed by atoms with Crippen molar-refractivity contribution in [3.05, 3.63) is 23.9 Å². The van der Waals surface area contributed by atoms with Gasteiger partial charge in [-0.05, 0) is 37.8 Å². The quantitative estimate of drug-likeness (QED) is 0.829. The van der Waals surface area contributed by atoms with Gasteiger partial charge in [-0.1, -0.05) is 0 Å². The highest BCUT2D eigenvalue weighted by Crippen LogP contribution is 2.32. The Kier molecular flexibility index (Phi) is 4.54. The Hall–Kier alpha value is -1.67. The van der Waals surface area contributed by atoms with E-state index >= 15 is 0 Å². The second-order valence-electron chi connectivity index (χ2n) is 6.04. The molecule has 0 aromatic carbocycles. The van der Waals surface area contributed by atoms with Crippen LogP contribution in [0.3, 0.4) is 0 Å². The van der Waals surface area contributed by atoms with Gasteiger partial charge >= 0.3 is 0 Å². The standard InChI is InChI=1S/C15H22N4O3S/c1-16-15(20)13-3-2-8-17-14(13)18-11-6-9-19(10-7-11)23(21,22)12-4-5-12/h2-3,8,11-12H,4-7,9-10H2,1H3,(H,16,20)(H,17,18). The van der Waals surface area contributed by atoms with Crippen LogP contribution in [-0.2, 0) is 10.0 Å². The molecule has 1 aliphatic heterocycles. The summed E-state index contributed by atoms with van der Waals surface area (Å²) < 4.78 is 26.1. The molecule has 23 heavy (non-hydrogen) atoms. The Bertz CT molecular complexity index is 680. The van der Waals surface area contributed by atoms with E-state index in [0.29, 0.717) is 24.5 Å². The molecule has 2 N–H and O–H groups in total. The molecule has 2 aliphatic rings. The number of sulfonamides is 1. The fourth-order valence-electron chi connectivity index (χ4n) is 2.86. The number of amides is 1. The molecule has 1 aliphatic carbocycles. The van der Waals surface area contributed by atoms with Crippen LogP contribution in [0.2, 0.25) is 0 Å². The number of hydrogen-bond acceptors (Lipinski definition) is 5. The first-order valence-electron chi connectivity index (χ1n) is 7.95. The van der Waals surface area contributed by atoms with Gasteiger partial charge in [-0.25, -0.2) is 17.7 Å². The van der Waals surface area contributed by atoms with Crippen molar-refractivity contribution < 1.29 is 13.2 Å². The normalized spacial score (nSPS) is 20.2. The molecule has 3 rings (SSSR count). The lowest BCUT2D eigenvalue weighted by Crippen LogP contribution is -2.43. The molecule has 0 atom stereocenters. The summed E-state index contributed by atoms with van der Waals surface area (Å²) in [4.78, 5) is 16.1. The third kappa shape index (κ3) is 3.48. The molecule has 1 amide bonds. The molecule has 0 radical (unpaired) electrons. The first-order chi connectivity index (χ1) is 11.0. The van der Waals surface area contributed by atoms with Gasteiger partial charge in [-0.3, -0.25) is 4.79 Å². The maximum absolute atomic E-state index is 12.2. The minimum Gasteiger partial charge on any atom is -0.367 e. The molecule has 1 saturated carbocycles. The third-order valence-corrected chi connectivity index (χ3v) is 6.78. The number of pyridine rings is 1. The highest BCUT2D eigenvalue weighted by atomic mass is 32.2. The first kappa shape index (κ1) is 16.2. The lowest BCUT2D eigenvalue weighted by molar-refractivity contribution is 0.0963. The maximum atomic E-state index is 12.2. The highest BCUT2D eigenvalue weighted by Gasteiger charge is 2.41. The van der Waals surface area contributed by atoms with Crippen LogP contribution < -0.4 is 10.6 Å². The lowest BCUT2D eigenvalue weighted by Gasteiger charge is -2.32. The number of anilines is 1. The molecule has 1 saturated heterocycles. The molecule has 0 unspecified atom stereocenters. The summed E-state index contributed by atoms with van der Waals surface area (Å²) in [6, 6.07) is 3.57. The fourth-order valence-corrected chi connectivity index (χ4v) is 4.74. The zero-order chi connectivity index (χ0) is 16.4. The van der Waals surface area contributed by atoms with Crippen LogP contribution in [0, 0.1) is 0 Å². The van der Waals surface area contributed by atoms with E-state index in [0.717, 1.165) is 25.7 Å². The van der Waals surface area contributed by atoms with Crippen molar-refractivity contribution in [2.45, 2.75) is 37.0 Å². The molecule has 2 heterocycles. The monoisotopic (exact) mass is 338 g/mol.